The van der Waals surface area contributed by atoms with Gasteiger partial charge in [0.2, 0.25) is 5.91 Å². The molecule has 1 amide bonds. The highest BCUT2D eigenvalue weighted by Gasteiger charge is 2.10. The van der Waals surface area contributed by atoms with Crippen LogP contribution in [-0.4, -0.2) is 16.6 Å². The van der Waals surface area contributed by atoms with Gasteiger partial charge < -0.3 is 5.32 Å². The molecule has 0 spiro atoms. The van der Waals surface area contributed by atoms with Gasteiger partial charge in [0.05, 0.1) is 5.69 Å². The summed E-state index contributed by atoms with van der Waals surface area (Å²) < 4.78 is 26.3. The first-order valence-electron chi connectivity index (χ1n) is 7.50. The van der Waals surface area contributed by atoms with Crippen molar-refractivity contribution in [1.82, 2.24) is 4.98 Å². The van der Waals surface area contributed by atoms with Crippen LogP contribution < -0.4 is 5.32 Å². The number of carbonyl (C=O) groups excluding carboxylic acids is 1. The quantitative estimate of drug-likeness (QED) is 0.601. The standard InChI is InChI=1S/C18H14F2N2OS2/c19-14-7-6-12(10-15(14)20)16-11-25-18(21-16)22-17(23)8-9-24-13-4-2-1-3-5-13/h1-7,10-11H,8-9H2,(H,21,22,23). The van der Waals surface area contributed by atoms with Gasteiger partial charge in [-0.2, -0.15) is 0 Å². The second-order valence-corrected chi connectivity index (χ2v) is 7.15. The third kappa shape index (κ3) is 4.87. The van der Waals surface area contributed by atoms with E-state index < -0.39 is 11.6 Å². The molecule has 0 bridgehead atoms. The Morgan fingerprint density at radius 1 is 1.12 bits per heavy atom. The number of hydrogen-bond donors (Lipinski definition) is 1. The number of rotatable bonds is 6. The smallest absolute Gasteiger partial charge is 0.226 e. The van der Waals surface area contributed by atoms with Crippen molar-refractivity contribution in [2.24, 2.45) is 0 Å². The highest BCUT2D eigenvalue weighted by Crippen LogP contribution is 2.26. The molecule has 25 heavy (non-hydrogen) atoms. The second-order valence-electron chi connectivity index (χ2n) is 5.13. The number of halogens is 2. The summed E-state index contributed by atoms with van der Waals surface area (Å²) in [6.45, 7) is 0. The predicted octanol–water partition coefficient (Wildman–Crippen LogP) is 5.21. The van der Waals surface area contributed by atoms with E-state index in [4.69, 9.17) is 0 Å². The Morgan fingerprint density at radius 3 is 2.68 bits per heavy atom. The fourth-order valence-electron chi connectivity index (χ4n) is 2.08. The number of hydrogen-bond acceptors (Lipinski definition) is 4. The van der Waals surface area contributed by atoms with Gasteiger partial charge in [0, 0.05) is 28.0 Å². The fourth-order valence-corrected chi connectivity index (χ4v) is 3.69. The summed E-state index contributed by atoms with van der Waals surface area (Å²) in [4.78, 5) is 17.3. The van der Waals surface area contributed by atoms with Crippen LogP contribution in [-0.2, 0) is 4.79 Å². The third-order valence-electron chi connectivity index (χ3n) is 3.31. The number of anilines is 1. The van der Waals surface area contributed by atoms with E-state index in [1.54, 1.807) is 17.1 Å². The molecule has 1 aromatic heterocycles. The number of nitrogens with zero attached hydrogens (tertiary/aromatic N) is 1. The maximum atomic E-state index is 13.3. The summed E-state index contributed by atoms with van der Waals surface area (Å²) in [5.74, 6) is -1.29. The molecule has 0 aliphatic rings. The van der Waals surface area contributed by atoms with Gasteiger partial charge in [-0.1, -0.05) is 18.2 Å². The van der Waals surface area contributed by atoms with E-state index in [9.17, 15) is 13.6 Å². The Balaban J connectivity index is 1.54. The van der Waals surface area contributed by atoms with Crippen molar-refractivity contribution >= 4 is 34.1 Å². The zero-order valence-electron chi connectivity index (χ0n) is 13.0. The van der Waals surface area contributed by atoms with Gasteiger partial charge in [0.25, 0.3) is 0 Å². The minimum Gasteiger partial charge on any atom is -0.302 e. The lowest BCUT2D eigenvalue weighted by atomic mass is 10.2. The summed E-state index contributed by atoms with van der Waals surface area (Å²) in [7, 11) is 0. The number of thioether (sulfide) groups is 1. The monoisotopic (exact) mass is 376 g/mol. The number of aromatic nitrogens is 1. The van der Waals surface area contributed by atoms with Crippen LogP contribution in [0.2, 0.25) is 0 Å². The summed E-state index contributed by atoms with van der Waals surface area (Å²) in [5.41, 5.74) is 0.966. The van der Waals surface area contributed by atoms with Gasteiger partial charge in [-0.3, -0.25) is 4.79 Å². The average Bonchev–Trinajstić information content (AvgIpc) is 3.06. The lowest BCUT2D eigenvalue weighted by Gasteiger charge is -2.02. The molecule has 0 saturated carbocycles. The average molecular weight is 376 g/mol. The molecular formula is C18H14F2N2OS2. The lowest BCUT2D eigenvalue weighted by molar-refractivity contribution is -0.115. The van der Waals surface area contributed by atoms with Gasteiger partial charge in [0.15, 0.2) is 16.8 Å². The van der Waals surface area contributed by atoms with E-state index >= 15 is 0 Å². The minimum atomic E-state index is -0.922. The Kier molecular flexibility index (Phi) is 5.78. The van der Waals surface area contributed by atoms with Crippen molar-refractivity contribution in [2.75, 3.05) is 11.1 Å². The van der Waals surface area contributed by atoms with Crippen LogP contribution in [0.5, 0.6) is 0 Å². The molecular weight excluding hydrogens is 362 g/mol. The number of thiazole rings is 1. The molecule has 1 N–H and O–H groups in total. The first kappa shape index (κ1) is 17.6. The zero-order chi connectivity index (χ0) is 17.6. The van der Waals surface area contributed by atoms with Crippen molar-refractivity contribution in [3.8, 4) is 11.3 Å². The Hall–Kier alpha value is -2.25. The van der Waals surface area contributed by atoms with E-state index in [0.717, 1.165) is 17.0 Å². The van der Waals surface area contributed by atoms with Gasteiger partial charge >= 0.3 is 0 Å². The minimum absolute atomic E-state index is 0.130. The molecule has 1 heterocycles. The fraction of sp³-hybridized carbons (Fsp3) is 0.111. The largest absolute Gasteiger partial charge is 0.302 e. The van der Waals surface area contributed by atoms with Crippen molar-refractivity contribution < 1.29 is 13.6 Å². The van der Waals surface area contributed by atoms with Crippen LogP contribution in [0.3, 0.4) is 0 Å². The van der Waals surface area contributed by atoms with Gasteiger partial charge in [-0.05, 0) is 30.3 Å². The Morgan fingerprint density at radius 2 is 1.92 bits per heavy atom. The van der Waals surface area contributed by atoms with Crippen LogP contribution in [0, 0.1) is 11.6 Å². The molecule has 7 heteroatoms. The maximum Gasteiger partial charge on any atom is 0.226 e. The Labute approximate surface area is 152 Å². The molecule has 3 rings (SSSR count). The van der Waals surface area contributed by atoms with Crippen LogP contribution in [0.15, 0.2) is 58.8 Å². The number of amides is 1. The lowest BCUT2D eigenvalue weighted by Crippen LogP contribution is -2.11. The number of nitrogens with one attached hydrogen (secondary N) is 1. The first-order chi connectivity index (χ1) is 12.1. The van der Waals surface area contributed by atoms with Crippen molar-refractivity contribution in [2.45, 2.75) is 11.3 Å². The predicted molar refractivity (Wildman–Crippen MR) is 97.9 cm³/mol. The number of carbonyl (C=O) groups is 1. The molecule has 0 radical (unpaired) electrons. The second kappa shape index (κ2) is 8.22. The normalized spacial score (nSPS) is 10.6. The van der Waals surface area contributed by atoms with E-state index in [1.807, 2.05) is 30.3 Å². The van der Waals surface area contributed by atoms with Gasteiger partial charge in [-0.25, -0.2) is 13.8 Å². The van der Waals surface area contributed by atoms with Gasteiger partial charge in [-0.15, -0.1) is 23.1 Å². The van der Waals surface area contributed by atoms with Gasteiger partial charge in [0.1, 0.15) is 0 Å². The molecule has 128 valence electrons. The summed E-state index contributed by atoms with van der Waals surface area (Å²) >= 11 is 2.86. The summed E-state index contributed by atoms with van der Waals surface area (Å²) in [5, 5.41) is 4.87. The molecule has 0 unspecified atom stereocenters. The highest BCUT2D eigenvalue weighted by molar-refractivity contribution is 7.99. The topological polar surface area (TPSA) is 42.0 Å². The first-order valence-corrected chi connectivity index (χ1v) is 9.37. The molecule has 3 aromatic rings. The van der Waals surface area contributed by atoms with Crippen molar-refractivity contribution in [3.63, 3.8) is 0 Å². The van der Waals surface area contributed by atoms with E-state index in [-0.39, 0.29) is 5.91 Å². The van der Waals surface area contributed by atoms with Crippen LogP contribution in [0.4, 0.5) is 13.9 Å². The van der Waals surface area contributed by atoms with Crippen LogP contribution >= 0.6 is 23.1 Å². The molecule has 0 aliphatic heterocycles. The third-order valence-corrected chi connectivity index (χ3v) is 5.08. The Bertz CT molecular complexity index is 869. The van der Waals surface area contributed by atoms with Crippen molar-refractivity contribution in [3.05, 3.63) is 65.5 Å². The molecule has 0 aliphatic carbocycles. The van der Waals surface area contributed by atoms with Crippen LogP contribution in [0.1, 0.15) is 6.42 Å². The maximum absolute atomic E-state index is 13.3. The molecule has 0 saturated heterocycles. The molecule has 2 aromatic carbocycles. The number of benzene rings is 2. The molecule has 3 nitrogen and oxygen atoms in total. The highest BCUT2D eigenvalue weighted by atomic mass is 32.2. The van der Waals surface area contributed by atoms with Crippen molar-refractivity contribution in [1.29, 1.82) is 0 Å². The molecule has 0 fully saturated rings. The van der Waals surface area contributed by atoms with E-state index in [2.05, 4.69) is 10.3 Å². The molecule has 0 atom stereocenters. The summed E-state index contributed by atoms with van der Waals surface area (Å²) in [6.07, 6.45) is 0.361. The zero-order valence-corrected chi connectivity index (χ0v) is 14.7. The van der Waals surface area contributed by atoms with E-state index in [1.165, 1.54) is 17.4 Å². The summed E-state index contributed by atoms with van der Waals surface area (Å²) in [6, 6.07) is 13.5. The van der Waals surface area contributed by atoms with Crippen LogP contribution in [0.25, 0.3) is 11.3 Å². The van der Waals surface area contributed by atoms with E-state index in [0.29, 0.717) is 28.6 Å². The SMILES string of the molecule is O=C(CCSc1ccccc1)Nc1nc(-c2ccc(F)c(F)c2)cs1.